The first-order valence-corrected chi connectivity index (χ1v) is 7.99. The molecule has 0 atom stereocenters. The number of aromatic hydroxyl groups is 1. The highest BCUT2D eigenvalue weighted by molar-refractivity contribution is 6.32. The number of aromatic nitrogens is 1. The second-order valence-electron chi connectivity index (χ2n) is 5.80. The van der Waals surface area contributed by atoms with Gasteiger partial charge in [-0.25, -0.2) is 0 Å². The van der Waals surface area contributed by atoms with Crippen LogP contribution in [-0.2, 0) is 0 Å². The fourth-order valence-electron chi connectivity index (χ4n) is 2.42. The first-order chi connectivity index (χ1) is 11.8. The monoisotopic (exact) mass is 356 g/mol. The van der Waals surface area contributed by atoms with Crippen LogP contribution in [0, 0.1) is 13.8 Å². The SMILES string of the molecule is Cc1ccc(Cl)c(Oc2cc(-n3cc(O)c(=O)cc3N)ccc2C)c1. The van der Waals surface area contributed by atoms with Gasteiger partial charge >= 0.3 is 0 Å². The van der Waals surface area contributed by atoms with Crippen LogP contribution in [0.5, 0.6) is 17.2 Å². The maximum absolute atomic E-state index is 11.5. The summed E-state index contributed by atoms with van der Waals surface area (Å²) in [4.78, 5) is 11.5. The van der Waals surface area contributed by atoms with Crippen LogP contribution in [0.2, 0.25) is 5.02 Å². The quantitative estimate of drug-likeness (QED) is 0.737. The van der Waals surface area contributed by atoms with E-state index in [2.05, 4.69) is 0 Å². The summed E-state index contributed by atoms with van der Waals surface area (Å²) >= 11 is 6.20. The number of hydrogen-bond donors (Lipinski definition) is 2. The van der Waals surface area contributed by atoms with Gasteiger partial charge in [0.25, 0.3) is 0 Å². The topological polar surface area (TPSA) is 77.5 Å². The summed E-state index contributed by atoms with van der Waals surface area (Å²) in [5, 5.41) is 10.2. The first kappa shape index (κ1) is 16.9. The first-order valence-electron chi connectivity index (χ1n) is 7.61. The molecule has 3 rings (SSSR count). The van der Waals surface area contributed by atoms with E-state index < -0.39 is 5.43 Å². The van der Waals surface area contributed by atoms with E-state index in [0.29, 0.717) is 22.2 Å². The Labute approximate surface area is 149 Å². The highest BCUT2D eigenvalue weighted by Gasteiger charge is 2.10. The van der Waals surface area contributed by atoms with Gasteiger partial charge in [0, 0.05) is 12.1 Å². The van der Waals surface area contributed by atoms with E-state index in [9.17, 15) is 9.90 Å². The van der Waals surface area contributed by atoms with E-state index in [0.717, 1.165) is 11.1 Å². The summed E-state index contributed by atoms with van der Waals surface area (Å²) in [5.41, 5.74) is 7.96. The number of nitrogen functional groups attached to an aromatic ring is 1. The Bertz CT molecular complexity index is 1010. The van der Waals surface area contributed by atoms with E-state index in [1.807, 2.05) is 38.1 Å². The number of ether oxygens (including phenoxy) is 1. The number of hydrogen-bond acceptors (Lipinski definition) is 4. The standard InChI is InChI=1S/C19H17ClN2O3/c1-11-3-6-14(20)18(7-11)25-17-8-13(5-4-12(17)2)22-10-16(24)15(23)9-19(22)21/h3-10,24H,21H2,1-2H3. The second kappa shape index (κ2) is 6.53. The molecule has 3 aromatic rings. The molecule has 2 aromatic carbocycles. The summed E-state index contributed by atoms with van der Waals surface area (Å²) in [5.74, 6) is 0.991. The molecule has 128 valence electrons. The molecule has 6 heteroatoms. The highest BCUT2D eigenvalue weighted by atomic mass is 35.5. The lowest BCUT2D eigenvalue weighted by atomic mass is 10.2. The third kappa shape index (κ3) is 3.46. The predicted molar refractivity (Wildman–Crippen MR) is 99.1 cm³/mol. The van der Waals surface area contributed by atoms with Crippen molar-refractivity contribution in [3.63, 3.8) is 0 Å². The zero-order valence-corrected chi connectivity index (χ0v) is 14.5. The van der Waals surface area contributed by atoms with Gasteiger partial charge in [0.2, 0.25) is 5.43 Å². The van der Waals surface area contributed by atoms with Crippen molar-refractivity contribution in [2.24, 2.45) is 0 Å². The molecule has 0 saturated carbocycles. The summed E-state index contributed by atoms with van der Waals surface area (Å²) in [6.07, 6.45) is 1.28. The molecule has 1 heterocycles. The minimum Gasteiger partial charge on any atom is -0.503 e. The molecule has 0 bridgehead atoms. The van der Waals surface area contributed by atoms with E-state index in [-0.39, 0.29) is 11.6 Å². The van der Waals surface area contributed by atoms with Gasteiger partial charge < -0.3 is 15.6 Å². The average molecular weight is 357 g/mol. The third-order valence-electron chi connectivity index (χ3n) is 3.82. The minimum atomic E-state index is -0.524. The van der Waals surface area contributed by atoms with Crippen LogP contribution in [0.25, 0.3) is 5.69 Å². The highest BCUT2D eigenvalue weighted by Crippen LogP contribution is 2.33. The van der Waals surface area contributed by atoms with Crippen LogP contribution >= 0.6 is 11.6 Å². The van der Waals surface area contributed by atoms with E-state index in [4.69, 9.17) is 22.1 Å². The van der Waals surface area contributed by atoms with Crippen molar-refractivity contribution in [1.82, 2.24) is 4.57 Å². The molecular weight excluding hydrogens is 340 g/mol. The lowest BCUT2D eigenvalue weighted by Gasteiger charge is -2.15. The molecule has 0 saturated heterocycles. The van der Waals surface area contributed by atoms with Crippen LogP contribution in [0.15, 0.2) is 53.5 Å². The van der Waals surface area contributed by atoms with Crippen molar-refractivity contribution < 1.29 is 9.84 Å². The molecule has 5 nitrogen and oxygen atoms in total. The van der Waals surface area contributed by atoms with Gasteiger partial charge in [0.1, 0.15) is 17.3 Å². The average Bonchev–Trinajstić information content (AvgIpc) is 2.56. The number of nitrogens with zero attached hydrogens (tertiary/aromatic N) is 1. The van der Waals surface area contributed by atoms with Gasteiger partial charge in [-0.3, -0.25) is 9.36 Å². The van der Waals surface area contributed by atoms with Gasteiger partial charge in [-0.15, -0.1) is 0 Å². The molecule has 0 aliphatic rings. The molecule has 0 unspecified atom stereocenters. The Balaban J connectivity index is 2.06. The predicted octanol–water partition coefficient (Wildman–Crippen LogP) is 4.19. The van der Waals surface area contributed by atoms with Crippen molar-refractivity contribution in [2.75, 3.05) is 5.73 Å². The largest absolute Gasteiger partial charge is 0.503 e. The summed E-state index contributed by atoms with van der Waals surface area (Å²) in [6, 6.07) is 12.2. The summed E-state index contributed by atoms with van der Waals surface area (Å²) in [7, 11) is 0. The Morgan fingerprint density at radius 3 is 2.60 bits per heavy atom. The summed E-state index contributed by atoms with van der Waals surface area (Å²) in [6.45, 7) is 3.87. The van der Waals surface area contributed by atoms with Crippen molar-refractivity contribution in [3.05, 3.63) is 75.0 Å². The molecule has 3 N–H and O–H groups in total. The number of benzene rings is 2. The zero-order chi connectivity index (χ0) is 18.1. The van der Waals surface area contributed by atoms with Gasteiger partial charge in [-0.1, -0.05) is 23.7 Å². The fourth-order valence-corrected chi connectivity index (χ4v) is 2.57. The molecule has 25 heavy (non-hydrogen) atoms. The van der Waals surface area contributed by atoms with Crippen LogP contribution in [0.4, 0.5) is 5.82 Å². The van der Waals surface area contributed by atoms with Crippen molar-refractivity contribution in [1.29, 1.82) is 0 Å². The molecule has 0 fully saturated rings. The van der Waals surface area contributed by atoms with Crippen molar-refractivity contribution in [3.8, 4) is 22.9 Å². The Kier molecular flexibility index (Phi) is 4.42. The Hall–Kier alpha value is -2.92. The molecular formula is C19H17ClN2O3. The van der Waals surface area contributed by atoms with Crippen molar-refractivity contribution >= 4 is 17.4 Å². The smallest absolute Gasteiger partial charge is 0.225 e. The molecule has 0 aliphatic heterocycles. The number of pyridine rings is 1. The van der Waals surface area contributed by atoms with Gasteiger partial charge in [-0.2, -0.15) is 0 Å². The second-order valence-corrected chi connectivity index (χ2v) is 6.21. The lowest BCUT2D eigenvalue weighted by Crippen LogP contribution is -2.10. The lowest BCUT2D eigenvalue weighted by molar-refractivity contribution is 0.465. The number of anilines is 1. The maximum Gasteiger partial charge on any atom is 0.225 e. The van der Waals surface area contributed by atoms with Crippen molar-refractivity contribution in [2.45, 2.75) is 13.8 Å². The van der Waals surface area contributed by atoms with E-state index in [1.54, 1.807) is 12.1 Å². The van der Waals surface area contributed by atoms with Crippen LogP contribution in [-0.4, -0.2) is 9.67 Å². The van der Waals surface area contributed by atoms with Gasteiger partial charge in [-0.05, 0) is 43.2 Å². The molecule has 1 aromatic heterocycles. The minimum absolute atomic E-state index is 0.214. The Morgan fingerprint density at radius 2 is 1.84 bits per heavy atom. The number of nitrogens with two attached hydrogens (primary N) is 1. The summed E-state index contributed by atoms with van der Waals surface area (Å²) < 4.78 is 7.48. The molecule has 0 amide bonds. The van der Waals surface area contributed by atoms with Crippen LogP contribution < -0.4 is 15.9 Å². The van der Waals surface area contributed by atoms with Gasteiger partial charge in [0.15, 0.2) is 5.75 Å². The number of halogens is 1. The van der Waals surface area contributed by atoms with E-state index in [1.165, 1.54) is 16.8 Å². The van der Waals surface area contributed by atoms with Crippen LogP contribution in [0.3, 0.4) is 0 Å². The zero-order valence-electron chi connectivity index (χ0n) is 13.8. The molecule has 0 spiro atoms. The number of aryl methyl sites for hydroxylation is 2. The van der Waals surface area contributed by atoms with Gasteiger partial charge in [0.05, 0.1) is 16.9 Å². The maximum atomic E-state index is 11.5. The Morgan fingerprint density at radius 1 is 1.08 bits per heavy atom. The third-order valence-corrected chi connectivity index (χ3v) is 4.13. The number of rotatable bonds is 3. The van der Waals surface area contributed by atoms with Crippen LogP contribution in [0.1, 0.15) is 11.1 Å². The normalized spacial score (nSPS) is 10.7. The fraction of sp³-hybridized carbons (Fsp3) is 0.105. The van der Waals surface area contributed by atoms with E-state index >= 15 is 0 Å². The molecule has 0 radical (unpaired) electrons. The molecule has 0 aliphatic carbocycles.